The lowest BCUT2D eigenvalue weighted by Gasteiger charge is -2.05. The van der Waals surface area contributed by atoms with E-state index in [0.29, 0.717) is 18.2 Å². The predicted molar refractivity (Wildman–Crippen MR) is 61.6 cm³/mol. The normalized spacial score (nSPS) is 10.6. The second kappa shape index (κ2) is 4.92. The smallest absolute Gasteiger partial charge is 0.356 e. The molecule has 94 valence electrons. The average Bonchev–Trinajstić information content (AvgIpc) is 2.78. The van der Waals surface area contributed by atoms with E-state index < -0.39 is 5.97 Å². The maximum Gasteiger partial charge on any atom is 0.356 e. The summed E-state index contributed by atoms with van der Waals surface area (Å²) in [7, 11) is 1.58. The van der Waals surface area contributed by atoms with Gasteiger partial charge in [0.2, 0.25) is 0 Å². The van der Waals surface area contributed by atoms with E-state index in [-0.39, 0.29) is 5.69 Å². The molecule has 0 aliphatic carbocycles. The Morgan fingerprint density at radius 2 is 2.28 bits per heavy atom. The highest BCUT2D eigenvalue weighted by Crippen LogP contribution is 2.09. The first kappa shape index (κ1) is 12.2. The number of ether oxygens (including phenoxy) is 1. The molecule has 0 radical (unpaired) electrons. The Bertz CT molecular complexity index is 579. The molecule has 7 heteroatoms. The minimum atomic E-state index is -1.07. The highest BCUT2D eigenvalue weighted by atomic mass is 16.5. The van der Waals surface area contributed by atoms with E-state index in [9.17, 15) is 4.79 Å². The van der Waals surface area contributed by atoms with Gasteiger partial charge in [0.1, 0.15) is 18.0 Å². The van der Waals surface area contributed by atoms with E-state index in [1.165, 1.54) is 17.1 Å². The molecule has 0 aliphatic rings. The number of aromatic carboxylic acids is 1. The summed E-state index contributed by atoms with van der Waals surface area (Å²) in [6.07, 6.45) is 2.81. The zero-order valence-corrected chi connectivity index (χ0v) is 9.99. The number of imidazole rings is 1. The molecule has 0 saturated carbocycles. The van der Waals surface area contributed by atoms with Crippen molar-refractivity contribution < 1.29 is 14.6 Å². The van der Waals surface area contributed by atoms with Crippen molar-refractivity contribution in [3.05, 3.63) is 35.8 Å². The third kappa shape index (κ3) is 2.51. The highest BCUT2D eigenvalue weighted by molar-refractivity contribution is 5.85. The van der Waals surface area contributed by atoms with Crippen molar-refractivity contribution in [1.82, 2.24) is 19.5 Å². The molecule has 18 heavy (non-hydrogen) atoms. The van der Waals surface area contributed by atoms with Crippen LogP contribution in [0.5, 0.6) is 0 Å². The van der Waals surface area contributed by atoms with Crippen LogP contribution < -0.4 is 0 Å². The number of methoxy groups -OCH3 is 1. The summed E-state index contributed by atoms with van der Waals surface area (Å²) in [6, 6.07) is 1.73. The summed E-state index contributed by atoms with van der Waals surface area (Å²) in [5.41, 5.74) is 0.699. The minimum Gasteiger partial charge on any atom is -0.476 e. The summed E-state index contributed by atoms with van der Waals surface area (Å²) in [6.45, 7) is 2.13. The van der Waals surface area contributed by atoms with E-state index in [1.54, 1.807) is 20.1 Å². The molecule has 0 unspecified atom stereocenters. The molecule has 0 aliphatic heterocycles. The summed E-state index contributed by atoms with van der Waals surface area (Å²) in [5, 5.41) is 8.81. The molecule has 2 heterocycles. The lowest BCUT2D eigenvalue weighted by molar-refractivity contribution is 0.0691. The average molecular weight is 248 g/mol. The number of rotatable bonds is 4. The second-order valence-electron chi connectivity index (χ2n) is 3.67. The van der Waals surface area contributed by atoms with Gasteiger partial charge in [-0.1, -0.05) is 0 Å². The molecular formula is C11H12N4O3. The van der Waals surface area contributed by atoms with Gasteiger partial charge in [0.25, 0.3) is 0 Å². The van der Waals surface area contributed by atoms with Crippen molar-refractivity contribution in [2.24, 2.45) is 0 Å². The molecule has 2 aromatic heterocycles. The van der Waals surface area contributed by atoms with Gasteiger partial charge in [-0.3, -0.25) is 4.57 Å². The quantitative estimate of drug-likeness (QED) is 0.861. The predicted octanol–water partition coefficient (Wildman–Crippen LogP) is 0.815. The summed E-state index contributed by atoms with van der Waals surface area (Å²) in [4.78, 5) is 22.9. The van der Waals surface area contributed by atoms with E-state index in [2.05, 4.69) is 15.0 Å². The third-order valence-electron chi connectivity index (χ3n) is 2.24. The Kier molecular flexibility index (Phi) is 3.33. The highest BCUT2D eigenvalue weighted by Gasteiger charge is 2.09. The molecule has 0 fully saturated rings. The lowest BCUT2D eigenvalue weighted by Crippen LogP contribution is -2.03. The zero-order chi connectivity index (χ0) is 13.1. The summed E-state index contributed by atoms with van der Waals surface area (Å²) >= 11 is 0. The van der Waals surface area contributed by atoms with Crippen LogP contribution in [-0.2, 0) is 11.3 Å². The zero-order valence-electron chi connectivity index (χ0n) is 9.99. The standard InChI is InChI=1S/C11H12N4O3/c1-7-13-8(5-18-2)3-10(14-7)15-4-9(11(16)17)12-6-15/h3-4,6H,5H2,1-2H3,(H,16,17). The Hall–Kier alpha value is -2.28. The maximum atomic E-state index is 10.8. The van der Waals surface area contributed by atoms with Gasteiger partial charge in [-0.25, -0.2) is 19.7 Å². The topological polar surface area (TPSA) is 90.1 Å². The number of aryl methyl sites for hydroxylation is 1. The van der Waals surface area contributed by atoms with Crippen LogP contribution in [0.3, 0.4) is 0 Å². The Balaban J connectivity index is 2.39. The SMILES string of the molecule is COCc1cc(-n2cnc(C(=O)O)c2)nc(C)n1. The van der Waals surface area contributed by atoms with E-state index in [1.807, 2.05) is 0 Å². The van der Waals surface area contributed by atoms with Crippen LogP contribution in [0, 0.1) is 6.92 Å². The van der Waals surface area contributed by atoms with Gasteiger partial charge in [-0.15, -0.1) is 0 Å². The van der Waals surface area contributed by atoms with E-state index in [0.717, 1.165) is 5.69 Å². The van der Waals surface area contributed by atoms with Crippen molar-refractivity contribution in [1.29, 1.82) is 0 Å². The second-order valence-corrected chi connectivity index (χ2v) is 3.67. The van der Waals surface area contributed by atoms with E-state index >= 15 is 0 Å². The van der Waals surface area contributed by atoms with E-state index in [4.69, 9.17) is 9.84 Å². The van der Waals surface area contributed by atoms with Gasteiger partial charge in [0.05, 0.1) is 12.3 Å². The first-order chi connectivity index (χ1) is 8.60. The fourth-order valence-electron chi connectivity index (χ4n) is 1.52. The number of carboxylic acid groups (broad SMARTS) is 1. The molecule has 7 nitrogen and oxygen atoms in total. The summed E-state index contributed by atoms with van der Waals surface area (Å²) in [5.74, 6) is 0.0799. The van der Waals surface area contributed by atoms with Gasteiger partial charge in [0.15, 0.2) is 5.69 Å². The van der Waals surface area contributed by atoms with Crippen molar-refractivity contribution in [3.8, 4) is 5.82 Å². The van der Waals surface area contributed by atoms with Crippen LogP contribution in [-0.4, -0.2) is 37.7 Å². The number of nitrogens with zero attached hydrogens (tertiary/aromatic N) is 4. The molecule has 0 saturated heterocycles. The molecule has 1 N–H and O–H groups in total. The summed E-state index contributed by atoms with van der Waals surface area (Å²) < 4.78 is 6.55. The first-order valence-electron chi connectivity index (χ1n) is 5.21. The monoisotopic (exact) mass is 248 g/mol. The van der Waals surface area contributed by atoms with Gasteiger partial charge in [0, 0.05) is 19.4 Å². The molecule has 0 spiro atoms. The van der Waals surface area contributed by atoms with Crippen LogP contribution >= 0.6 is 0 Å². The van der Waals surface area contributed by atoms with Gasteiger partial charge in [-0.2, -0.15) is 0 Å². The van der Waals surface area contributed by atoms with Crippen LogP contribution in [0.4, 0.5) is 0 Å². The number of carboxylic acids is 1. The first-order valence-corrected chi connectivity index (χ1v) is 5.21. The number of aromatic nitrogens is 4. The van der Waals surface area contributed by atoms with Gasteiger partial charge in [-0.05, 0) is 6.92 Å². The fourth-order valence-corrected chi connectivity index (χ4v) is 1.52. The molecule has 0 atom stereocenters. The van der Waals surface area contributed by atoms with Crippen molar-refractivity contribution >= 4 is 5.97 Å². The maximum absolute atomic E-state index is 10.8. The molecule has 0 aromatic carbocycles. The molecule has 2 rings (SSSR count). The molecular weight excluding hydrogens is 236 g/mol. The van der Waals surface area contributed by atoms with Crippen molar-refractivity contribution in [2.75, 3.05) is 7.11 Å². The van der Waals surface area contributed by atoms with Gasteiger partial charge < -0.3 is 9.84 Å². The largest absolute Gasteiger partial charge is 0.476 e. The van der Waals surface area contributed by atoms with Crippen molar-refractivity contribution in [2.45, 2.75) is 13.5 Å². The number of hydrogen-bond acceptors (Lipinski definition) is 5. The number of hydrogen-bond donors (Lipinski definition) is 1. The van der Waals surface area contributed by atoms with Gasteiger partial charge >= 0.3 is 5.97 Å². The third-order valence-corrected chi connectivity index (χ3v) is 2.24. The minimum absolute atomic E-state index is 0.0282. The van der Waals surface area contributed by atoms with Crippen LogP contribution in [0.25, 0.3) is 5.82 Å². The Labute approximate surface area is 103 Å². The Morgan fingerprint density at radius 3 is 2.89 bits per heavy atom. The van der Waals surface area contributed by atoms with Crippen LogP contribution in [0.15, 0.2) is 18.6 Å². The molecule has 0 amide bonds. The van der Waals surface area contributed by atoms with Crippen LogP contribution in [0.2, 0.25) is 0 Å². The Morgan fingerprint density at radius 1 is 1.50 bits per heavy atom. The number of carbonyl (C=O) groups is 1. The fraction of sp³-hybridized carbons (Fsp3) is 0.273. The lowest BCUT2D eigenvalue weighted by atomic mass is 10.4. The molecule has 0 bridgehead atoms. The van der Waals surface area contributed by atoms with Crippen molar-refractivity contribution in [3.63, 3.8) is 0 Å². The molecule has 2 aromatic rings. The van der Waals surface area contributed by atoms with Crippen LogP contribution in [0.1, 0.15) is 22.0 Å².